The van der Waals surface area contributed by atoms with E-state index in [1.165, 1.54) is 6.07 Å². The minimum atomic E-state index is -0.577. The molecule has 1 unspecified atom stereocenters. The van der Waals surface area contributed by atoms with Gasteiger partial charge in [-0.05, 0) is 26.0 Å². The summed E-state index contributed by atoms with van der Waals surface area (Å²) in [6, 6.07) is 3.31. The molecule has 0 heterocycles. The first-order chi connectivity index (χ1) is 7.74. The Morgan fingerprint density at radius 2 is 2.12 bits per heavy atom. The van der Waals surface area contributed by atoms with Crippen LogP contribution in [0.2, 0.25) is 0 Å². The third kappa shape index (κ3) is 3.43. The van der Waals surface area contributed by atoms with Gasteiger partial charge in [0.15, 0.2) is 0 Å². The number of benzene rings is 1. The number of phenolic OH excluding ortho intramolecular Hbond substituents is 1. The molecule has 1 aromatic rings. The molecule has 0 aliphatic carbocycles. The highest BCUT2D eigenvalue weighted by atomic mass is 79.9. The summed E-state index contributed by atoms with van der Waals surface area (Å²) >= 11 is 3.39. The maximum Gasteiger partial charge on any atom is 0.255 e. The zero-order valence-corrected chi connectivity index (χ0v) is 11.5. The predicted octanol–water partition coefficient (Wildman–Crippen LogP) is 2.82. The average Bonchev–Trinajstić information content (AvgIpc) is 2.15. The van der Waals surface area contributed by atoms with Gasteiger partial charge in [-0.1, -0.05) is 22.9 Å². The highest BCUT2D eigenvalue weighted by molar-refractivity contribution is 9.09. The van der Waals surface area contributed by atoms with Crippen molar-refractivity contribution in [2.24, 2.45) is 0 Å². The second kappa shape index (κ2) is 5.04. The summed E-state index contributed by atoms with van der Waals surface area (Å²) < 4.78 is 12.8. The van der Waals surface area contributed by atoms with E-state index in [4.69, 9.17) is 0 Å². The Labute approximate surface area is 108 Å². The fourth-order valence-electron chi connectivity index (χ4n) is 1.16. The Kier molecular flexibility index (Phi) is 4.14. The molecule has 0 aliphatic rings. The molecule has 0 radical (unpaired) electrons. The van der Waals surface area contributed by atoms with Gasteiger partial charge in [-0.2, -0.15) is 0 Å². The highest BCUT2D eigenvalue weighted by Gasteiger charge is 2.27. The molecule has 0 bridgehead atoms. The maximum atomic E-state index is 12.8. The predicted molar refractivity (Wildman–Crippen MR) is 68.0 cm³/mol. The van der Waals surface area contributed by atoms with E-state index in [2.05, 4.69) is 21.2 Å². The van der Waals surface area contributed by atoms with Crippen LogP contribution < -0.4 is 5.32 Å². The number of hydrogen-bond donors (Lipinski definition) is 2. The SMILES string of the molecule is CC(Br)C(C)(C)NC(=O)c1ccc(F)cc1O. The molecule has 0 saturated carbocycles. The van der Waals surface area contributed by atoms with Gasteiger partial charge < -0.3 is 10.4 Å². The molecule has 1 aromatic carbocycles. The van der Waals surface area contributed by atoms with Gasteiger partial charge in [0.25, 0.3) is 5.91 Å². The number of rotatable bonds is 3. The number of hydrogen-bond acceptors (Lipinski definition) is 2. The molecule has 1 rings (SSSR count). The Bertz CT molecular complexity index is 433. The molecule has 0 saturated heterocycles. The lowest BCUT2D eigenvalue weighted by molar-refractivity contribution is 0.0911. The van der Waals surface area contributed by atoms with E-state index in [9.17, 15) is 14.3 Å². The third-order valence-electron chi connectivity index (χ3n) is 2.63. The van der Waals surface area contributed by atoms with Crippen molar-refractivity contribution in [3.8, 4) is 5.75 Å². The smallest absolute Gasteiger partial charge is 0.255 e. The molecule has 17 heavy (non-hydrogen) atoms. The van der Waals surface area contributed by atoms with E-state index in [1.807, 2.05) is 20.8 Å². The molecule has 0 aliphatic heterocycles. The van der Waals surface area contributed by atoms with Gasteiger partial charge in [0.1, 0.15) is 11.6 Å². The van der Waals surface area contributed by atoms with Crippen molar-refractivity contribution in [2.45, 2.75) is 31.1 Å². The van der Waals surface area contributed by atoms with Crippen molar-refractivity contribution in [1.29, 1.82) is 0 Å². The Morgan fingerprint density at radius 3 is 2.59 bits per heavy atom. The van der Waals surface area contributed by atoms with Crippen molar-refractivity contribution in [1.82, 2.24) is 5.32 Å². The lowest BCUT2D eigenvalue weighted by Crippen LogP contribution is -2.48. The second-order valence-electron chi connectivity index (χ2n) is 4.45. The molecule has 5 heteroatoms. The van der Waals surface area contributed by atoms with E-state index in [1.54, 1.807) is 0 Å². The van der Waals surface area contributed by atoms with Crippen LogP contribution in [-0.4, -0.2) is 21.4 Å². The summed E-state index contributed by atoms with van der Waals surface area (Å²) in [4.78, 5) is 11.9. The second-order valence-corrected chi connectivity index (χ2v) is 5.83. The Hall–Kier alpha value is -1.10. The van der Waals surface area contributed by atoms with E-state index < -0.39 is 17.3 Å². The Balaban J connectivity index is 2.91. The average molecular weight is 304 g/mol. The summed E-state index contributed by atoms with van der Waals surface area (Å²) in [5, 5.41) is 12.2. The monoisotopic (exact) mass is 303 g/mol. The first-order valence-electron chi connectivity index (χ1n) is 5.19. The molecule has 1 atom stereocenters. The maximum absolute atomic E-state index is 12.8. The first-order valence-corrected chi connectivity index (χ1v) is 6.10. The highest BCUT2D eigenvalue weighted by Crippen LogP contribution is 2.21. The summed E-state index contributed by atoms with van der Waals surface area (Å²) in [6.07, 6.45) is 0. The first kappa shape index (κ1) is 14.0. The summed E-state index contributed by atoms with van der Waals surface area (Å²) in [7, 11) is 0. The van der Waals surface area contributed by atoms with Gasteiger partial charge in [-0.3, -0.25) is 4.79 Å². The molecule has 0 aromatic heterocycles. The molecule has 3 nitrogen and oxygen atoms in total. The third-order valence-corrected chi connectivity index (χ3v) is 3.78. The molecule has 1 amide bonds. The Morgan fingerprint density at radius 1 is 1.53 bits per heavy atom. The molecule has 0 fully saturated rings. The van der Waals surface area contributed by atoms with Crippen LogP contribution in [0.5, 0.6) is 5.75 Å². The number of amides is 1. The van der Waals surface area contributed by atoms with Crippen LogP contribution in [0, 0.1) is 5.82 Å². The van der Waals surface area contributed by atoms with Crippen LogP contribution in [0.1, 0.15) is 31.1 Å². The van der Waals surface area contributed by atoms with Crippen molar-refractivity contribution < 1.29 is 14.3 Å². The number of phenols is 1. The van der Waals surface area contributed by atoms with Crippen LogP contribution in [-0.2, 0) is 0 Å². The van der Waals surface area contributed by atoms with Gasteiger partial charge >= 0.3 is 0 Å². The molecule has 0 spiro atoms. The zero-order valence-electron chi connectivity index (χ0n) is 9.92. The summed E-state index contributed by atoms with van der Waals surface area (Å²) in [5.41, 5.74) is -0.412. The fraction of sp³-hybridized carbons (Fsp3) is 0.417. The van der Waals surface area contributed by atoms with Gasteiger partial charge in [0.2, 0.25) is 0 Å². The zero-order chi connectivity index (χ0) is 13.2. The van der Waals surface area contributed by atoms with E-state index >= 15 is 0 Å². The van der Waals surface area contributed by atoms with Crippen LogP contribution in [0.4, 0.5) is 4.39 Å². The van der Waals surface area contributed by atoms with Gasteiger partial charge in [-0.25, -0.2) is 4.39 Å². The minimum absolute atomic E-state index is 0.0570. The van der Waals surface area contributed by atoms with Gasteiger partial charge in [0.05, 0.1) is 5.56 Å². The summed E-state index contributed by atoms with van der Waals surface area (Å²) in [5.74, 6) is -1.37. The van der Waals surface area contributed by atoms with Crippen LogP contribution in [0.25, 0.3) is 0 Å². The van der Waals surface area contributed by atoms with Gasteiger partial charge in [-0.15, -0.1) is 0 Å². The van der Waals surface area contributed by atoms with E-state index in [0.717, 1.165) is 12.1 Å². The number of halogens is 2. The van der Waals surface area contributed by atoms with Crippen LogP contribution >= 0.6 is 15.9 Å². The topological polar surface area (TPSA) is 49.3 Å². The van der Waals surface area contributed by atoms with Gasteiger partial charge in [0, 0.05) is 16.4 Å². The van der Waals surface area contributed by atoms with E-state index in [-0.39, 0.29) is 16.1 Å². The number of carbonyl (C=O) groups excluding carboxylic acids is 1. The van der Waals surface area contributed by atoms with Crippen molar-refractivity contribution in [3.63, 3.8) is 0 Å². The van der Waals surface area contributed by atoms with E-state index in [0.29, 0.717) is 0 Å². The molecular weight excluding hydrogens is 289 g/mol. The van der Waals surface area contributed by atoms with Crippen LogP contribution in [0.15, 0.2) is 18.2 Å². The fourth-order valence-corrected chi connectivity index (χ4v) is 1.27. The lowest BCUT2D eigenvalue weighted by atomic mass is 10.0. The van der Waals surface area contributed by atoms with Crippen LogP contribution in [0.3, 0.4) is 0 Å². The standard InChI is InChI=1S/C12H15BrFNO2/c1-7(13)12(2,3)15-11(17)9-5-4-8(14)6-10(9)16/h4-7,16H,1-3H3,(H,15,17). The summed E-state index contributed by atoms with van der Waals surface area (Å²) in [6.45, 7) is 5.61. The minimum Gasteiger partial charge on any atom is -0.507 e. The number of aromatic hydroxyl groups is 1. The number of carbonyl (C=O) groups is 1. The lowest BCUT2D eigenvalue weighted by Gasteiger charge is -2.29. The number of nitrogens with one attached hydrogen (secondary N) is 1. The molecule has 2 N–H and O–H groups in total. The quantitative estimate of drug-likeness (QED) is 0.844. The number of alkyl halides is 1. The molecule has 94 valence electrons. The molecular formula is C12H15BrFNO2. The van der Waals surface area contributed by atoms with Crippen molar-refractivity contribution in [3.05, 3.63) is 29.6 Å². The van der Waals surface area contributed by atoms with Crippen molar-refractivity contribution >= 4 is 21.8 Å². The normalized spacial score (nSPS) is 13.2. The largest absolute Gasteiger partial charge is 0.507 e. The van der Waals surface area contributed by atoms with Crippen molar-refractivity contribution in [2.75, 3.05) is 0 Å².